The Balaban J connectivity index is 1.60. The smallest absolute Gasteiger partial charge is 0.434 e. The van der Waals surface area contributed by atoms with Gasteiger partial charge < -0.3 is 25.1 Å². The number of carbonyl (C=O) groups excluding carboxylic acids is 3. The van der Waals surface area contributed by atoms with Gasteiger partial charge >= 0.3 is 12.2 Å². The van der Waals surface area contributed by atoms with Crippen molar-refractivity contribution in [1.29, 1.82) is 0 Å². The zero-order valence-corrected chi connectivity index (χ0v) is 17.3. The number of benzene rings is 1. The van der Waals surface area contributed by atoms with E-state index in [1.165, 1.54) is 18.1 Å². The lowest BCUT2D eigenvalue weighted by molar-refractivity contribution is -0.139. The minimum Gasteiger partial charge on any atom is -0.497 e. The van der Waals surface area contributed by atoms with Crippen LogP contribution in [0.2, 0.25) is 0 Å². The maximum atomic E-state index is 13.5. The van der Waals surface area contributed by atoms with Gasteiger partial charge in [0.2, 0.25) is 11.7 Å². The summed E-state index contributed by atoms with van der Waals surface area (Å²) in [7, 11) is 1.44. The Morgan fingerprint density at radius 3 is 2.65 bits per heavy atom. The first-order valence-corrected chi connectivity index (χ1v) is 9.76. The molecule has 1 aromatic carbocycles. The minimum absolute atomic E-state index is 0.0871. The first-order chi connectivity index (χ1) is 16.0. The highest BCUT2D eigenvalue weighted by molar-refractivity contribution is 6.08. The van der Waals surface area contributed by atoms with E-state index in [-0.39, 0.29) is 12.3 Å². The zero-order valence-electron chi connectivity index (χ0n) is 17.3. The molecule has 0 spiro atoms. The molecule has 14 heteroatoms. The van der Waals surface area contributed by atoms with Crippen molar-refractivity contribution in [3.8, 4) is 5.75 Å². The molecule has 4 N–H and O–H groups in total. The number of aromatic nitrogens is 2. The Labute approximate surface area is 188 Å². The zero-order chi connectivity index (χ0) is 24.4. The number of alkyl halides is 3. The SMILES string of the molecule is COc1ccc2c(c1)C(=O)N(C[C@@]1(c3cc4c(C(F)(F)F)nc(N)nc4o3)NC(=O)NC1=O)C2. The topological polar surface area (TPSA) is 153 Å². The van der Waals surface area contributed by atoms with Gasteiger partial charge in [0.15, 0.2) is 11.2 Å². The summed E-state index contributed by atoms with van der Waals surface area (Å²) >= 11 is 0. The number of ether oxygens (including phenoxy) is 1. The average molecular weight is 476 g/mol. The summed E-state index contributed by atoms with van der Waals surface area (Å²) in [6, 6.07) is 4.89. The van der Waals surface area contributed by atoms with Crippen LogP contribution in [-0.2, 0) is 23.1 Å². The predicted octanol–water partition coefficient (Wildman–Crippen LogP) is 1.52. The monoisotopic (exact) mass is 476 g/mol. The van der Waals surface area contributed by atoms with Gasteiger partial charge in [-0.05, 0) is 23.8 Å². The summed E-state index contributed by atoms with van der Waals surface area (Å²) < 4.78 is 51.2. The number of methoxy groups -OCH3 is 1. The third-order valence-corrected chi connectivity index (χ3v) is 5.66. The van der Waals surface area contributed by atoms with E-state index in [2.05, 4.69) is 15.3 Å². The van der Waals surface area contributed by atoms with E-state index in [4.69, 9.17) is 14.9 Å². The number of furan rings is 1. The summed E-state index contributed by atoms with van der Waals surface area (Å²) in [4.78, 5) is 46.2. The molecule has 34 heavy (non-hydrogen) atoms. The molecule has 1 saturated heterocycles. The minimum atomic E-state index is -4.89. The standard InChI is InChI=1S/C20H15F3N6O5/c1-33-9-3-2-8-6-29(15(30)10(8)4-9)7-19(16(31)27-18(32)28-19)12-5-11-13(20(21,22)23)25-17(24)26-14(11)34-12/h2-5H,6-7H2,1H3,(H2,24,25,26)(H2,27,28,31,32)/t19-/m0/s1. The molecule has 1 atom stereocenters. The van der Waals surface area contributed by atoms with Crippen molar-refractivity contribution in [1.82, 2.24) is 25.5 Å². The normalized spacial score (nSPS) is 20.0. The van der Waals surface area contributed by atoms with Crippen molar-refractivity contribution in [3.05, 3.63) is 46.8 Å². The highest BCUT2D eigenvalue weighted by Crippen LogP contribution is 2.39. The second kappa shape index (κ2) is 7.07. The maximum Gasteiger partial charge on any atom is 0.434 e. The number of nitrogens with one attached hydrogen (secondary N) is 2. The van der Waals surface area contributed by atoms with E-state index >= 15 is 0 Å². The van der Waals surface area contributed by atoms with Crippen LogP contribution in [0.3, 0.4) is 0 Å². The number of imide groups is 1. The number of urea groups is 1. The lowest BCUT2D eigenvalue weighted by Crippen LogP contribution is -2.52. The van der Waals surface area contributed by atoms with E-state index in [9.17, 15) is 27.6 Å². The Hall–Kier alpha value is -4.36. The molecule has 0 aliphatic carbocycles. The quantitative estimate of drug-likeness (QED) is 0.479. The molecule has 176 valence electrons. The maximum absolute atomic E-state index is 13.5. The van der Waals surface area contributed by atoms with Crippen LogP contribution < -0.4 is 21.1 Å². The number of halogens is 3. The summed E-state index contributed by atoms with van der Waals surface area (Å²) in [5, 5.41) is 3.89. The molecular formula is C20H15F3N6O5. The molecule has 4 amide bonds. The number of nitrogen functional groups attached to an aromatic ring is 1. The van der Waals surface area contributed by atoms with Gasteiger partial charge in [-0.15, -0.1) is 0 Å². The van der Waals surface area contributed by atoms with E-state index in [1.54, 1.807) is 12.1 Å². The van der Waals surface area contributed by atoms with Gasteiger partial charge in [-0.25, -0.2) is 9.78 Å². The number of amides is 4. The molecule has 2 aliphatic heterocycles. The third-order valence-electron chi connectivity index (χ3n) is 5.66. The highest BCUT2D eigenvalue weighted by atomic mass is 19.4. The lowest BCUT2D eigenvalue weighted by Gasteiger charge is -2.28. The van der Waals surface area contributed by atoms with Gasteiger partial charge in [-0.3, -0.25) is 14.9 Å². The third kappa shape index (κ3) is 3.17. The van der Waals surface area contributed by atoms with Crippen molar-refractivity contribution in [3.63, 3.8) is 0 Å². The Bertz CT molecular complexity index is 1390. The molecular weight excluding hydrogens is 461 g/mol. The molecule has 2 aliphatic rings. The number of hydrogen-bond donors (Lipinski definition) is 3. The molecule has 0 bridgehead atoms. The largest absolute Gasteiger partial charge is 0.497 e. The van der Waals surface area contributed by atoms with E-state index in [0.717, 1.165) is 6.07 Å². The number of carbonyl (C=O) groups is 3. The van der Waals surface area contributed by atoms with Crippen molar-refractivity contribution in [2.75, 3.05) is 19.4 Å². The van der Waals surface area contributed by atoms with Crippen LogP contribution in [0.25, 0.3) is 11.1 Å². The highest BCUT2D eigenvalue weighted by Gasteiger charge is 2.53. The van der Waals surface area contributed by atoms with E-state index in [0.29, 0.717) is 16.9 Å². The molecule has 0 saturated carbocycles. The number of rotatable bonds is 4. The van der Waals surface area contributed by atoms with Gasteiger partial charge in [-0.2, -0.15) is 18.2 Å². The summed E-state index contributed by atoms with van der Waals surface area (Å²) in [5.74, 6) is -1.97. The number of nitrogens with two attached hydrogens (primary N) is 1. The number of hydrogen-bond acceptors (Lipinski definition) is 8. The fourth-order valence-corrected chi connectivity index (χ4v) is 4.10. The van der Waals surface area contributed by atoms with Crippen molar-refractivity contribution < 1.29 is 36.7 Å². The predicted molar refractivity (Wildman–Crippen MR) is 107 cm³/mol. The molecule has 11 nitrogen and oxygen atoms in total. The van der Waals surface area contributed by atoms with Crippen LogP contribution in [0, 0.1) is 0 Å². The van der Waals surface area contributed by atoms with E-state index < -0.39 is 58.8 Å². The molecule has 0 radical (unpaired) electrons. The van der Waals surface area contributed by atoms with Crippen molar-refractivity contribution in [2.45, 2.75) is 18.3 Å². The number of nitrogens with zero attached hydrogens (tertiary/aromatic N) is 3. The second-order valence-electron chi connectivity index (χ2n) is 7.76. The van der Waals surface area contributed by atoms with Gasteiger partial charge in [-0.1, -0.05) is 6.07 Å². The first-order valence-electron chi connectivity index (χ1n) is 9.76. The number of fused-ring (bicyclic) bond motifs is 2. The van der Waals surface area contributed by atoms with Gasteiger partial charge in [0.25, 0.3) is 11.8 Å². The summed E-state index contributed by atoms with van der Waals surface area (Å²) in [6.45, 7) is -0.339. The van der Waals surface area contributed by atoms with Crippen LogP contribution in [0.4, 0.5) is 23.9 Å². The Morgan fingerprint density at radius 1 is 1.24 bits per heavy atom. The fourth-order valence-electron chi connectivity index (χ4n) is 4.10. The number of anilines is 1. The van der Waals surface area contributed by atoms with Crippen LogP contribution >= 0.6 is 0 Å². The molecule has 0 unspecified atom stereocenters. The Morgan fingerprint density at radius 2 is 2.00 bits per heavy atom. The van der Waals surface area contributed by atoms with Gasteiger partial charge in [0, 0.05) is 12.1 Å². The summed E-state index contributed by atoms with van der Waals surface area (Å²) in [6.07, 6.45) is -4.89. The van der Waals surface area contributed by atoms with Crippen LogP contribution in [0.15, 0.2) is 28.7 Å². The first kappa shape index (κ1) is 21.5. The lowest BCUT2D eigenvalue weighted by atomic mass is 9.95. The van der Waals surface area contributed by atoms with Gasteiger partial charge in [0.1, 0.15) is 11.5 Å². The fraction of sp³-hybridized carbons (Fsp3) is 0.250. The Kier molecular flexibility index (Phi) is 4.47. The molecule has 2 aromatic heterocycles. The van der Waals surface area contributed by atoms with Crippen molar-refractivity contribution >= 4 is 34.9 Å². The molecule has 5 rings (SSSR count). The second-order valence-corrected chi connectivity index (χ2v) is 7.76. The molecule has 3 aromatic rings. The average Bonchev–Trinajstić information content (AvgIpc) is 3.41. The summed E-state index contributed by atoms with van der Waals surface area (Å²) in [5.41, 5.74) is 2.48. The van der Waals surface area contributed by atoms with Crippen LogP contribution in [0.1, 0.15) is 27.4 Å². The van der Waals surface area contributed by atoms with Crippen LogP contribution in [0.5, 0.6) is 5.75 Å². The van der Waals surface area contributed by atoms with E-state index in [1.807, 2.05) is 5.32 Å². The van der Waals surface area contributed by atoms with Crippen LogP contribution in [-0.4, -0.2) is 46.4 Å². The molecule has 4 heterocycles. The molecule has 1 fully saturated rings. The van der Waals surface area contributed by atoms with Gasteiger partial charge in [0.05, 0.1) is 19.0 Å². The van der Waals surface area contributed by atoms with Crippen molar-refractivity contribution in [2.24, 2.45) is 0 Å².